The number of hydrogen-bond acceptors (Lipinski definition) is 5. The SMILES string of the molecule is CCC(C=O)c1ccc(Cl)c2nc3n(c12)CCCN3c1ccc(OC)nc1C. The van der Waals surface area contributed by atoms with Gasteiger partial charge in [-0.15, -0.1) is 0 Å². The number of halogens is 1. The molecule has 3 aromatic rings. The number of methoxy groups -OCH3 is 1. The number of pyridine rings is 1. The number of aromatic nitrogens is 3. The lowest BCUT2D eigenvalue weighted by Gasteiger charge is -2.30. The standard InChI is InChI=1S/C21H23ClN4O2/c1-4-14(12-27)15-6-7-16(22)19-20(15)26-11-5-10-25(21(26)24-19)17-8-9-18(28-3)23-13(17)2/h6-9,12,14H,4-5,10-11H2,1-3H3. The van der Waals surface area contributed by atoms with Crippen molar-refractivity contribution in [2.24, 2.45) is 0 Å². The summed E-state index contributed by atoms with van der Waals surface area (Å²) in [5, 5.41) is 0.603. The second-order valence-electron chi connectivity index (χ2n) is 7.01. The van der Waals surface area contributed by atoms with Crippen LogP contribution in [0.2, 0.25) is 5.02 Å². The number of ether oxygens (including phenoxy) is 1. The van der Waals surface area contributed by atoms with E-state index < -0.39 is 0 Å². The molecular weight excluding hydrogens is 376 g/mol. The lowest BCUT2D eigenvalue weighted by Crippen LogP contribution is -2.29. The number of benzene rings is 1. The Labute approximate surface area is 169 Å². The summed E-state index contributed by atoms with van der Waals surface area (Å²) in [5.74, 6) is 1.26. The van der Waals surface area contributed by atoms with Gasteiger partial charge in [-0.05, 0) is 37.5 Å². The van der Waals surface area contributed by atoms with Crippen LogP contribution in [0.15, 0.2) is 24.3 Å². The van der Waals surface area contributed by atoms with Gasteiger partial charge in [0.05, 0.1) is 29.0 Å². The summed E-state index contributed by atoms with van der Waals surface area (Å²) in [6.07, 6.45) is 2.72. The molecule has 6 nitrogen and oxygen atoms in total. The van der Waals surface area contributed by atoms with Crippen molar-refractivity contribution < 1.29 is 9.53 Å². The minimum Gasteiger partial charge on any atom is -0.481 e. The third-order valence-corrected chi connectivity index (χ3v) is 5.70. The van der Waals surface area contributed by atoms with E-state index in [0.717, 1.165) is 66.1 Å². The molecule has 146 valence electrons. The van der Waals surface area contributed by atoms with Crippen LogP contribution >= 0.6 is 11.6 Å². The van der Waals surface area contributed by atoms with Gasteiger partial charge in [-0.3, -0.25) is 0 Å². The number of aryl methyl sites for hydroxylation is 2. The van der Waals surface area contributed by atoms with E-state index in [9.17, 15) is 4.79 Å². The van der Waals surface area contributed by atoms with Gasteiger partial charge < -0.3 is 19.0 Å². The van der Waals surface area contributed by atoms with Crippen LogP contribution in [0.1, 0.15) is 36.9 Å². The van der Waals surface area contributed by atoms with Crippen LogP contribution < -0.4 is 9.64 Å². The zero-order valence-corrected chi connectivity index (χ0v) is 17.0. The number of carbonyl (C=O) groups excluding carboxylic acids is 1. The molecule has 0 amide bonds. The number of rotatable bonds is 5. The molecule has 1 aliphatic rings. The Hall–Kier alpha value is -2.60. The second kappa shape index (κ2) is 7.43. The molecule has 1 unspecified atom stereocenters. The highest BCUT2D eigenvalue weighted by molar-refractivity contribution is 6.35. The number of carbonyl (C=O) groups is 1. The number of hydrogen-bond donors (Lipinski definition) is 0. The van der Waals surface area contributed by atoms with E-state index in [1.165, 1.54) is 0 Å². The average Bonchev–Trinajstić information content (AvgIpc) is 3.11. The predicted molar refractivity (Wildman–Crippen MR) is 111 cm³/mol. The normalized spacial score (nSPS) is 14.8. The van der Waals surface area contributed by atoms with Crippen LogP contribution in [0.5, 0.6) is 5.88 Å². The summed E-state index contributed by atoms with van der Waals surface area (Å²) >= 11 is 6.49. The van der Waals surface area contributed by atoms with Gasteiger partial charge in [0.25, 0.3) is 0 Å². The van der Waals surface area contributed by atoms with Crippen molar-refractivity contribution in [1.29, 1.82) is 0 Å². The maximum atomic E-state index is 11.7. The fourth-order valence-electron chi connectivity index (χ4n) is 3.97. The summed E-state index contributed by atoms with van der Waals surface area (Å²) < 4.78 is 7.43. The van der Waals surface area contributed by atoms with Crippen LogP contribution in [-0.2, 0) is 11.3 Å². The van der Waals surface area contributed by atoms with Crippen molar-refractivity contribution >= 4 is 40.6 Å². The van der Waals surface area contributed by atoms with E-state index in [1.807, 2.05) is 38.1 Å². The molecule has 0 N–H and O–H groups in total. The first-order valence-corrected chi connectivity index (χ1v) is 9.90. The largest absolute Gasteiger partial charge is 0.481 e. The molecule has 1 atom stereocenters. The molecule has 4 rings (SSSR count). The van der Waals surface area contributed by atoms with Crippen LogP contribution in [-0.4, -0.2) is 34.5 Å². The molecule has 0 fully saturated rings. The molecule has 0 saturated carbocycles. The van der Waals surface area contributed by atoms with E-state index >= 15 is 0 Å². The van der Waals surface area contributed by atoms with Crippen LogP contribution in [0, 0.1) is 6.92 Å². The predicted octanol–water partition coefficient (Wildman–Crippen LogP) is 4.64. The van der Waals surface area contributed by atoms with E-state index in [4.69, 9.17) is 21.3 Å². The Morgan fingerprint density at radius 1 is 1.25 bits per heavy atom. The smallest absolute Gasteiger partial charge is 0.213 e. The molecule has 28 heavy (non-hydrogen) atoms. The number of nitrogens with zero attached hydrogens (tertiary/aromatic N) is 4. The van der Waals surface area contributed by atoms with E-state index in [2.05, 4.69) is 14.5 Å². The topological polar surface area (TPSA) is 60.2 Å². The van der Waals surface area contributed by atoms with Gasteiger partial charge in [0.2, 0.25) is 11.8 Å². The molecule has 1 aliphatic heterocycles. The molecule has 1 aromatic carbocycles. The third-order valence-electron chi connectivity index (χ3n) is 5.40. The Morgan fingerprint density at radius 2 is 2.07 bits per heavy atom. The van der Waals surface area contributed by atoms with E-state index in [0.29, 0.717) is 10.9 Å². The van der Waals surface area contributed by atoms with Crippen molar-refractivity contribution in [1.82, 2.24) is 14.5 Å². The molecule has 2 aromatic heterocycles. The van der Waals surface area contributed by atoms with Crippen LogP contribution in [0.25, 0.3) is 11.0 Å². The van der Waals surface area contributed by atoms with Gasteiger partial charge in [-0.2, -0.15) is 0 Å². The Kier molecular flexibility index (Phi) is 4.98. The number of anilines is 2. The van der Waals surface area contributed by atoms with Crippen molar-refractivity contribution in [3.05, 3.63) is 40.5 Å². The van der Waals surface area contributed by atoms with Gasteiger partial charge in [0.1, 0.15) is 11.8 Å². The minimum absolute atomic E-state index is 0.166. The quantitative estimate of drug-likeness (QED) is 0.586. The summed E-state index contributed by atoms with van der Waals surface area (Å²) in [5.41, 5.74) is 4.58. The first kappa shape index (κ1) is 18.7. The number of fused-ring (bicyclic) bond motifs is 3. The molecule has 3 heterocycles. The van der Waals surface area contributed by atoms with Gasteiger partial charge in [-0.25, -0.2) is 9.97 Å². The van der Waals surface area contributed by atoms with Gasteiger partial charge >= 0.3 is 0 Å². The second-order valence-corrected chi connectivity index (χ2v) is 7.42. The van der Waals surface area contributed by atoms with Crippen molar-refractivity contribution in [2.75, 3.05) is 18.6 Å². The van der Waals surface area contributed by atoms with Crippen LogP contribution in [0.3, 0.4) is 0 Å². The third kappa shape index (κ3) is 2.92. The molecule has 0 spiro atoms. The summed E-state index contributed by atoms with van der Waals surface area (Å²) in [7, 11) is 1.61. The van der Waals surface area contributed by atoms with E-state index in [-0.39, 0.29) is 5.92 Å². The Balaban J connectivity index is 1.92. The zero-order chi connectivity index (χ0) is 19.8. The van der Waals surface area contributed by atoms with E-state index in [1.54, 1.807) is 7.11 Å². The Bertz CT molecular complexity index is 1050. The highest BCUT2D eigenvalue weighted by Gasteiger charge is 2.27. The molecule has 0 saturated heterocycles. The number of imidazole rings is 1. The van der Waals surface area contributed by atoms with Gasteiger partial charge in [0, 0.05) is 25.1 Å². The Morgan fingerprint density at radius 3 is 2.75 bits per heavy atom. The summed E-state index contributed by atoms with van der Waals surface area (Å²) in [6, 6.07) is 7.68. The molecular formula is C21H23ClN4O2. The lowest BCUT2D eigenvalue weighted by atomic mass is 9.96. The van der Waals surface area contributed by atoms with Crippen molar-refractivity contribution in [3.63, 3.8) is 0 Å². The summed E-state index contributed by atoms with van der Waals surface area (Å²) in [6.45, 7) is 5.67. The van der Waals surface area contributed by atoms with Gasteiger partial charge in [0.15, 0.2) is 0 Å². The molecule has 0 radical (unpaired) electrons. The fraction of sp³-hybridized carbons (Fsp3) is 0.381. The first-order chi connectivity index (χ1) is 13.6. The van der Waals surface area contributed by atoms with Crippen molar-refractivity contribution in [3.8, 4) is 5.88 Å². The average molecular weight is 399 g/mol. The van der Waals surface area contributed by atoms with Crippen molar-refractivity contribution in [2.45, 2.75) is 39.2 Å². The highest BCUT2D eigenvalue weighted by Crippen LogP contribution is 2.39. The minimum atomic E-state index is -0.166. The zero-order valence-electron chi connectivity index (χ0n) is 16.3. The summed E-state index contributed by atoms with van der Waals surface area (Å²) in [4.78, 5) is 23.2. The molecule has 7 heteroatoms. The lowest BCUT2D eigenvalue weighted by molar-refractivity contribution is -0.109. The monoisotopic (exact) mass is 398 g/mol. The van der Waals surface area contributed by atoms with Crippen LogP contribution in [0.4, 0.5) is 11.6 Å². The maximum Gasteiger partial charge on any atom is 0.213 e. The highest BCUT2D eigenvalue weighted by atomic mass is 35.5. The molecule has 0 aliphatic carbocycles. The first-order valence-electron chi connectivity index (χ1n) is 9.52. The molecule has 0 bridgehead atoms. The fourth-order valence-corrected chi connectivity index (χ4v) is 4.17. The maximum absolute atomic E-state index is 11.7. The number of aldehydes is 1. The van der Waals surface area contributed by atoms with Gasteiger partial charge in [-0.1, -0.05) is 24.6 Å².